The summed E-state index contributed by atoms with van der Waals surface area (Å²) in [6, 6.07) is 13.3. The van der Waals surface area contributed by atoms with Gasteiger partial charge in [-0.15, -0.1) is 0 Å². The van der Waals surface area contributed by atoms with Crippen LogP contribution in [0, 0.1) is 5.82 Å². The summed E-state index contributed by atoms with van der Waals surface area (Å²) < 4.78 is 19.4. The Morgan fingerprint density at radius 3 is 2.60 bits per heavy atom. The molecule has 1 N–H and O–H groups in total. The second-order valence-corrected chi connectivity index (χ2v) is 7.12. The molecule has 0 bridgehead atoms. The number of anilines is 1. The monoisotopic (exact) mass is 408 g/mol. The van der Waals surface area contributed by atoms with E-state index in [0.29, 0.717) is 30.2 Å². The molecule has 1 aliphatic rings. The van der Waals surface area contributed by atoms with Gasteiger partial charge in [-0.25, -0.2) is 9.18 Å². The number of hydrogen-bond acceptors (Lipinski definition) is 4. The lowest BCUT2D eigenvalue weighted by molar-refractivity contribution is 0.101. The highest BCUT2D eigenvalue weighted by Gasteiger charge is 2.22. The summed E-state index contributed by atoms with van der Waals surface area (Å²) in [6.45, 7) is 1.04. The van der Waals surface area contributed by atoms with Crippen molar-refractivity contribution in [1.82, 2.24) is 14.7 Å². The number of aromatic nitrogens is 2. The van der Waals surface area contributed by atoms with Crippen LogP contribution >= 0.6 is 0 Å². The fourth-order valence-electron chi connectivity index (χ4n) is 3.56. The molecule has 0 saturated carbocycles. The van der Waals surface area contributed by atoms with Crippen molar-refractivity contribution in [3.63, 3.8) is 0 Å². The van der Waals surface area contributed by atoms with E-state index in [-0.39, 0.29) is 17.8 Å². The van der Waals surface area contributed by atoms with Crippen LogP contribution in [0.2, 0.25) is 0 Å². The third-order valence-electron chi connectivity index (χ3n) is 5.16. The number of aryl methyl sites for hydroxylation is 1. The first-order valence-corrected chi connectivity index (χ1v) is 9.50. The van der Waals surface area contributed by atoms with E-state index in [2.05, 4.69) is 10.4 Å². The zero-order valence-electron chi connectivity index (χ0n) is 16.7. The zero-order valence-corrected chi connectivity index (χ0v) is 16.7. The molecule has 0 radical (unpaired) electrons. The average molecular weight is 408 g/mol. The Labute approximate surface area is 173 Å². The molecule has 30 heavy (non-hydrogen) atoms. The maximum Gasteiger partial charge on any atom is 0.409 e. The van der Waals surface area contributed by atoms with Crippen LogP contribution in [0.1, 0.15) is 21.6 Å². The molecule has 0 atom stereocenters. The van der Waals surface area contributed by atoms with E-state index in [4.69, 9.17) is 4.74 Å². The second kappa shape index (κ2) is 7.98. The van der Waals surface area contributed by atoms with Gasteiger partial charge in [0.2, 0.25) is 0 Å². The van der Waals surface area contributed by atoms with Crippen molar-refractivity contribution >= 4 is 17.7 Å². The van der Waals surface area contributed by atoms with Crippen molar-refractivity contribution in [3.8, 4) is 11.3 Å². The summed E-state index contributed by atoms with van der Waals surface area (Å²) in [5.74, 6) is -0.634. The Morgan fingerprint density at radius 2 is 1.87 bits per heavy atom. The van der Waals surface area contributed by atoms with Crippen LogP contribution in [-0.2, 0) is 24.8 Å². The largest absolute Gasteiger partial charge is 0.453 e. The first kappa shape index (κ1) is 19.6. The predicted octanol–water partition coefficient (Wildman–Crippen LogP) is 3.60. The van der Waals surface area contributed by atoms with Crippen molar-refractivity contribution in [2.45, 2.75) is 13.0 Å². The number of rotatable bonds is 3. The van der Waals surface area contributed by atoms with Crippen molar-refractivity contribution in [2.24, 2.45) is 7.05 Å². The van der Waals surface area contributed by atoms with Crippen LogP contribution in [0.25, 0.3) is 11.3 Å². The summed E-state index contributed by atoms with van der Waals surface area (Å²) >= 11 is 0. The van der Waals surface area contributed by atoms with E-state index < -0.39 is 0 Å². The quantitative estimate of drug-likeness (QED) is 0.718. The Balaban J connectivity index is 1.52. The molecule has 2 aromatic carbocycles. The van der Waals surface area contributed by atoms with Gasteiger partial charge in [-0.2, -0.15) is 5.10 Å². The molecule has 154 valence electrons. The number of carbonyl (C=O) groups excluding carboxylic acids is 2. The van der Waals surface area contributed by atoms with E-state index in [9.17, 15) is 14.0 Å². The lowest BCUT2D eigenvalue weighted by Gasteiger charge is -2.28. The van der Waals surface area contributed by atoms with E-state index in [0.717, 1.165) is 23.1 Å². The molecule has 0 unspecified atom stereocenters. The lowest BCUT2D eigenvalue weighted by atomic mass is 9.99. The second-order valence-electron chi connectivity index (χ2n) is 7.12. The van der Waals surface area contributed by atoms with Crippen molar-refractivity contribution < 1.29 is 18.7 Å². The minimum absolute atomic E-state index is 0.307. The maximum atomic E-state index is 13.1. The van der Waals surface area contributed by atoms with Gasteiger partial charge in [0, 0.05) is 31.4 Å². The smallest absolute Gasteiger partial charge is 0.409 e. The van der Waals surface area contributed by atoms with E-state index in [1.807, 2.05) is 18.2 Å². The van der Waals surface area contributed by atoms with Gasteiger partial charge >= 0.3 is 6.09 Å². The van der Waals surface area contributed by atoms with Gasteiger partial charge < -0.3 is 15.0 Å². The third kappa shape index (κ3) is 3.89. The summed E-state index contributed by atoms with van der Waals surface area (Å²) in [5, 5.41) is 7.24. The molecule has 1 aliphatic heterocycles. The van der Waals surface area contributed by atoms with Crippen LogP contribution in [0.5, 0.6) is 0 Å². The highest BCUT2D eigenvalue weighted by molar-refractivity contribution is 6.03. The number of amides is 2. The number of hydrogen-bond donors (Lipinski definition) is 1. The summed E-state index contributed by atoms with van der Waals surface area (Å²) in [6.07, 6.45) is 0.375. The van der Waals surface area contributed by atoms with Gasteiger partial charge in [-0.3, -0.25) is 9.48 Å². The van der Waals surface area contributed by atoms with Crippen LogP contribution in [0.3, 0.4) is 0 Å². The van der Waals surface area contributed by atoms with E-state index in [1.54, 1.807) is 30.1 Å². The highest BCUT2D eigenvalue weighted by atomic mass is 19.1. The first-order valence-electron chi connectivity index (χ1n) is 9.50. The molecule has 0 fully saturated rings. The first-order chi connectivity index (χ1) is 14.4. The number of halogens is 1. The van der Waals surface area contributed by atoms with E-state index >= 15 is 0 Å². The molecule has 7 nitrogen and oxygen atoms in total. The van der Waals surface area contributed by atoms with Crippen molar-refractivity contribution in [1.29, 1.82) is 0 Å². The molecular formula is C22H21FN4O3. The number of nitrogens with zero attached hydrogens (tertiary/aromatic N) is 3. The Kier molecular flexibility index (Phi) is 5.22. The number of nitrogens with one attached hydrogen (secondary N) is 1. The molecule has 8 heteroatoms. The van der Waals surface area contributed by atoms with Crippen LogP contribution in [0.4, 0.5) is 14.9 Å². The van der Waals surface area contributed by atoms with Crippen LogP contribution in [0.15, 0.2) is 48.5 Å². The van der Waals surface area contributed by atoms with Gasteiger partial charge in [-0.1, -0.05) is 6.07 Å². The molecule has 0 spiro atoms. The standard InChI is InChI=1S/C22H21FN4O3/c1-26-20(12-19(25-26)15-3-6-17(23)7-4-15)21(28)24-18-8-5-14-9-10-27(22(29)30-2)13-16(14)11-18/h3-8,11-12H,9-10,13H2,1-2H3,(H,24,28). The third-order valence-corrected chi connectivity index (χ3v) is 5.16. The molecule has 0 saturated heterocycles. The highest BCUT2D eigenvalue weighted by Crippen LogP contribution is 2.24. The van der Waals surface area contributed by atoms with Gasteiger partial charge in [-0.05, 0) is 60.0 Å². The number of fused-ring (bicyclic) bond motifs is 1. The Morgan fingerprint density at radius 1 is 1.10 bits per heavy atom. The topological polar surface area (TPSA) is 76.5 Å². The van der Waals surface area contributed by atoms with Crippen LogP contribution < -0.4 is 5.32 Å². The predicted molar refractivity (Wildman–Crippen MR) is 110 cm³/mol. The van der Waals surface area contributed by atoms with E-state index in [1.165, 1.54) is 23.9 Å². The lowest BCUT2D eigenvalue weighted by Crippen LogP contribution is -2.35. The number of carbonyl (C=O) groups is 2. The number of benzene rings is 2. The van der Waals surface area contributed by atoms with Crippen molar-refractivity contribution in [3.05, 3.63) is 71.2 Å². The molecule has 4 rings (SSSR count). The molecule has 3 aromatic rings. The summed E-state index contributed by atoms with van der Waals surface area (Å²) in [4.78, 5) is 26.2. The number of ether oxygens (including phenoxy) is 1. The Bertz CT molecular complexity index is 1110. The fraction of sp³-hybridized carbons (Fsp3) is 0.227. The number of methoxy groups -OCH3 is 1. The Hall–Kier alpha value is -3.68. The fourth-order valence-corrected chi connectivity index (χ4v) is 3.56. The summed E-state index contributed by atoms with van der Waals surface area (Å²) in [7, 11) is 3.05. The average Bonchev–Trinajstić information content (AvgIpc) is 3.15. The SMILES string of the molecule is COC(=O)N1CCc2ccc(NC(=O)c3cc(-c4ccc(F)cc4)nn3C)cc2C1. The summed E-state index contributed by atoms with van der Waals surface area (Å²) in [5.41, 5.74) is 4.44. The van der Waals surface area contributed by atoms with Gasteiger partial charge in [0.15, 0.2) is 0 Å². The van der Waals surface area contributed by atoms with Gasteiger partial charge in [0.25, 0.3) is 5.91 Å². The zero-order chi connectivity index (χ0) is 21.3. The maximum absolute atomic E-state index is 13.1. The molecule has 2 heterocycles. The normalized spacial score (nSPS) is 13.0. The van der Waals surface area contributed by atoms with Crippen LogP contribution in [-0.4, -0.2) is 40.3 Å². The molecular weight excluding hydrogens is 387 g/mol. The minimum atomic E-state index is -0.363. The molecule has 1 aromatic heterocycles. The molecule has 2 amide bonds. The van der Waals surface area contributed by atoms with Gasteiger partial charge in [0.1, 0.15) is 11.5 Å². The van der Waals surface area contributed by atoms with Crippen molar-refractivity contribution in [2.75, 3.05) is 19.0 Å². The van der Waals surface area contributed by atoms with Gasteiger partial charge in [0.05, 0.1) is 12.8 Å². The molecule has 0 aliphatic carbocycles. The minimum Gasteiger partial charge on any atom is -0.453 e.